The van der Waals surface area contributed by atoms with Gasteiger partial charge >= 0.3 is 5.97 Å². The van der Waals surface area contributed by atoms with Gasteiger partial charge in [0.15, 0.2) is 0 Å². The third-order valence-electron chi connectivity index (χ3n) is 5.37. The third kappa shape index (κ3) is 40.7. The first-order valence-electron chi connectivity index (χ1n) is 16.0. The molecule has 0 amide bonds. The molecule has 0 radical (unpaired) electrons. The molecule has 0 bridgehead atoms. The van der Waals surface area contributed by atoms with Gasteiger partial charge < -0.3 is 61.6 Å². The Morgan fingerprint density at radius 2 is 0.578 bits per heavy atom. The molecule has 0 heterocycles. The highest BCUT2D eigenvalue weighted by Gasteiger charge is 1.98. The van der Waals surface area contributed by atoms with E-state index < -0.39 is 5.97 Å². The average Bonchev–Trinajstić information content (AvgIpc) is 3.05. The molecule has 0 rings (SSSR count). The van der Waals surface area contributed by atoms with E-state index in [1.807, 2.05) is 0 Å². The summed E-state index contributed by atoms with van der Waals surface area (Å²) in [5.41, 5.74) is 0. The highest BCUT2D eigenvalue weighted by atomic mass is 16.6. The van der Waals surface area contributed by atoms with Crippen LogP contribution in [0.3, 0.4) is 0 Å². The lowest BCUT2D eigenvalue weighted by molar-refractivity contribution is -0.139. The van der Waals surface area contributed by atoms with E-state index in [1.54, 1.807) is 0 Å². The number of hydrogen-bond donors (Lipinski definition) is 0. The predicted molar refractivity (Wildman–Crippen MR) is 166 cm³/mol. The van der Waals surface area contributed by atoms with Crippen molar-refractivity contribution in [1.29, 1.82) is 0 Å². The zero-order chi connectivity index (χ0) is 32.6. The maximum atomic E-state index is 10.8. The maximum Gasteiger partial charge on any atom is 0.330 e. The molecule has 45 heavy (non-hydrogen) atoms. The Hall–Kier alpha value is -1.27. The van der Waals surface area contributed by atoms with Crippen LogP contribution >= 0.6 is 0 Å². The number of carbonyl (C=O) groups is 1. The van der Waals surface area contributed by atoms with Crippen molar-refractivity contribution >= 4 is 5.97 Å². The summed E-state index contributed by atoms with van der Waals surface area (Å²) in [6, 6.07) is 0. The molecule has 0 fully saturated rings. The van der Waals surface area contributed by atoms with Crippen LogP contribution in [0, 0.1) is 0 Å². The van der Waals surface area contributed by atoms with Crippen molar-refractivity contribution in [2.45, 2.75) is 19.8 Å². The van der Waals surface area contributed by atoms with E-state index in [-0.39, 0.29) is 6.61 Å². The van der Waals surface area contributed by atoms with Crippen molar-refractivity contribution in [3.8, 4) is 0 Å². The number of rotatable bonds is 40. The second-order valence-corrected chi connectivity index (χ2v) is 9.07. The minimum absolute atomic E-state index is 0.198. The van der Waals surface area contributed by atoms with Crippen LogP contribution in [0.5, 0.6) is 0 Å². The molecular formula is C31H60O14. The Labute approximate surface area is 270 Å². The second-order valence-electron chi connectivity index (χ2n) is 9.07. The molecule has 0 N–H and O–H groups in total. The van der Waals surface area contributed by atoms with Gasteiger partial charge in [-0.15, -0.1) is 0 Å². The number of ether oxygens (including phenoxy) is 13. The summed E-state index contributed by atoms with van der Waals surface area (Å²) in [7, 11) is 0. The van der Waals surface area contributed by atoms with Gasteiger partial charge in [-0.2, -0.15) is 0 Å². The minimum Gasteiger partial charge on any atom is -0.460 e. The summed E-state index contributed by atoms with van der Waals surface area (Å²) in [5, 5.41) is 0. The van der Waals surface area contributed by atoms with E-state index in [1.165, 1.54) is 0 Å². The SMILES string of the molecule is C=CC(=O)OCCOCCOCCOCCOCCOCCOCCOCCOCCOCCOCCOCCOCCCC. The Bertz CT molecular complexity index is 584. The normalized spacial score (nSPS) is 11.3. The van der Waals surface area contributed by atoms with Crippen LogP contribution in [0.25, 0.3) is 0 Å². The first-order valence-corrected chi connectivity index (χ1v) is 16.0. The van der Waals surface area contributed by atoms with Crippen molar-refractivity contribution in [3.05, 3.63) is 12.7 Å². The monoisotopic (exact) mass is 656 g/mol. The van der Waals surface area contributed by atoms with Gasteiger partial charge in [-0.05, 0) is 6.42 Å². The molecule has 0 aromatic rings. The van der Waals surface area contributed by atoms with E-state index >= 15 is 0 Å². The highest BCUT2D eigenvalue weighted by molar-refractivity contribution is 5.81. The molecule has 0 aliphatic carbocycles. The van der Waals surface area contributed by atoms with Crippen LogP contribution in [-0.4, -0.2) is 171 Å². The van der Waals surface area contributed by atoms with Gasteiger partial charge in [0.25, 0.3) is 0 Å². The zero-order valence-corrected chi connectivity index (χ0v) is 27.6. The van der Waals surface area contributed by atoms with Crippen LogP contribution < -0.4 is 0 Å². The zero-order valence-electron chi connectivity index (χ0n) is 27.6. The van der Waals surface area contributed by atoms with E-state index in [2.05, 4.69) is 13.5 Å². The van der Waals surface area contributed by atoms with Crippen molar-refractivity contribution in [3.63, 3.8) is 0 Å². The van der Waals surface area contributed by atoms with Gasteiger partial charge in [0, 0.05) is 12.7 Å². The molecule has 0 atom stereocenters. The standard InChI is InChI=1S/C31H60O14/c1-3-5-6-33-7-8-34-9-10-35-11-12-36-13-14-37-15-16-38-17-18-39-19-20-40-21-22-41-23-24-42-25-26-43-27-28-44-29-30-45-31(32)4-2/h4H,2-3,5-30H2,1H3. The smallest absolute Gasteiger partial charge is 0.330 e. The number of unbranched alkanes of at least 4 members (excludes halogenated alkanes) is 1. The second kappa shape index (κ2) is 40.8. The molecule has 14 nitrogen and oxygen atoms in total. The Morgan fingerprint density at radius 3 is 0.778 bits per heavy atom. The molecule has 14 heteroatoms. The fourth-order valence-electron chi connectivity index (χ4n) is 3.03. The molecule has 0 saturated carbocycles. The van der Waals surface area contributed by atoms with Crippen LogP contribution in [0.15, 0.2) is 12.7 Å². The Kier molecular flexibility index (Phi) is 39.6. The minimum atomic E-state index is -0.459. The van der Waals surface area contributed by atoms with E-state index in [0.717, 1.165) is 25.5 Å². The quantitative estimate of drug-likeness (QED) is 0.0538. The Balaban J connectivity index is 3.05. The number of esters is 1. The largest absolute Gasteiger partial charge is 0.460 e. The van der Waals surface area contributed by atoms with Crippen LogP contribution in [-0.2, 0) is 66.4 Å². The van der Waals surface area contributed by atoms with Crippen LogP contribution in [0.4, 0.5) is 0 Å². The molecule has 0 saturated heterocycles. The van der Waals surface area contributed by atoms with E-state index in [9.17, 15) is 4.79 Å². The van der Waals surface area contributed by atoms with Crippen molar-refractivity contribution in [2.75, 3.05) is 165 Å². The summed E-state index contributed by atoms with van der Waals surface area (Å²) in [4.78, 5) is 10.8. The van der Waals surface area contributed by atoms with Gasteiger partial charge in [-0.25, -0.2) is 4.79 Å². The van der Waals surface area contributed by atoms with Crippen molar-refractivity contribution in [1.82, 2.24) is 0 Å². The fourth-order valence-corrected chi connectivity index (χ4v) is 3.03. The molecule has 0 aromatic carbocycles. The fraction of sp³-hybridized carbons (Fsp3) is 0.903. The number of carbonyl (C=O) groups excluding carboxylic acids is 1. The van der Waals surface area contributed by atoms with Gasteiger partial charge in [-0.1, -0.05) is 19.9 Å². The van der Waals surface area contributed by atoms with Crippen molar-refractivity contribution in [2.24, 2.45) is 0 Å². The Morgan fingerprint density at radius 1 is 0.378 bits per heavy atom. The van der Waals surface area contributed by atoms with Gasteiger partial charge in [0.1, 0.15) is 6.61 Å². The first kappa shape index (κ1) is 43.7. The van der Waals surface area contributed by atoms with Gasteiger partial charge in [0.05, 0.1) is 152 Å². The summed E-state index contributed by atoms with van der Waals surface area (Å²) in [6.07, 6.45) is 3.35. The molecule has 0 spiro atoms. The lowest BCUT2D eigenvalue weighted by Crippen LogP contribution is -2.15. The molecular weight excluding hydrogens is 596 g/mol. The molecule has 0 aliphatic rings. The van der Waals surface area contributed by atoms with Gasteiger partial charge in [-0.3, -0.25) is 0 Å². The van der Waals surface area contributed by atoms with Crippen molar-refractivity contribution < 1.29 is 66.4 Å². The summed E-state index contributed by atoms with van der Waals surface area (Å²) in [6.45, 7) is 18.0. The topological polar surface area (TPSA) is 137 Å². The number of hydrogen-bond acceptors (Lipinski definition) is 14. The maximum absolute atomic E-state index is 10.8. The lowest BCUT2D eigenvalue weighted by atomic mass is 10.4. The third-order valence-corrected chi connectivity index (χ3v) is 5.37. The summed E-state index contributed by atoms with van der Waals surface area (Å²) >= 11 is 0. The molecule has 0 aliphatic heterocycles. The lowest BCUT2D eigenvalue weighted by Gasteiger charge is -2.09. The van der Waals surface area contributed by atoms with Crippen LogP contribution in [0.2, 0.25) is 0 Å². The van der Waals surface area contributed by atoms with Gasteiger partial charge in [0.2, 0.25) is 0 Å². The first-order chi connectivity index (χ1) is 22.3. The average molecular weight is 657 g/mol. The summed E-state index contributed by atoms with van der Waals surface area (Å²) in [5.74, 6) is -0.459. The van der Waals surface area contributed by atoms with Crippen LogP contribution in [0.1, 0.15) is 19.8 Å². The summed E-state index contributed by atoms with van der Waals surface area (Å²) < 4.78 is 69.9. The van der Waals surface area contributed by atoms with E-state index in [0.29, 0.717) is 152 Å². The molecule has 0 aromatic heterocycles. The molecule has 268 valence electrons. The predicted octanol–water partition coefficient (Wildman–Crippen LogP) is 1.71. The highest BCUT2D eigenvalue weighted by Crippen LogP contribution is 1.89. The molecule has 0 unspecified atom stereocenters. The van der Waals surface area contributed by atoms with E-state index in [4.69, 9.17) is 61.6 Å².